The number of benzene rings is 1. The van der Waals surface area contributed by atoms with Gasteiger partial charge in [0.05, 0.1) is 32.7 Å². The molecule has 1 fully saturated rings. The number of hydrogen-bond acceptors (Lipinski definition) is 14. The summed E-state index contributed by atoms with van der Waals surface area (Å²) in [4.78, 5) is 159. The Labute approximate surface area is 379 Å². The topological polar surface area (TPSA) is 414 Å². The number of rotatable bonds is 17. The zero-order valence-corrected chi connectivity index (χ0v) is 37.0. The number of amides is 12. The van der Waals surface area contributed by atoms with E-state index in [1.165, 1.54) is 31.3 Å². The zero-order valence-electron chi connectivity index (χ0n) is 37.0. The lowest BCUT2D eigenvalue weighted by Gasteiger charge is -2.35. The molecule has 3 unspecified atom stereocenters. The lowest BCUT2D eigenvalue weighted by molar-refractivity contribution is -0.144. The van der Waals surface area contributed by atoms with E-state index in [4.69, 9.17) is 17.2 Å². The number of likely N-dealkylation sites (N-methyl/N-ethyl adjacent to an activating group) is 2. The molecule has 15 N–H and O–H groups in total. The lowest BCUT2D eigenvalue weighted by atomic mass is 9.95. The van der Waals surface area contributed by atoms with Gasteiger partial charge in [-0.15, -0.1) is 0 Å². The minimum Gasteiger partial charge on any atom is -0.508 e. The quantitative estimate of drug-likeness (QED) is 0.0692. The van der Waals surface area contributed by atoms with Crippen LogP contribution in [0, 0.1) is 5.92 Å². The van der Waals surface area contributed by atoms with Crippen LogP contribution >= 0.6 is 0 Å². The molecule has 1 aliphatic heterocycles. The van der Waals surface area contributed by atoms with Gasteiger partial charge in [0.15, 0.2) is 0 Å². The molecule has 364 valence electrons. The summed E-state index contributed by atoms with van der Waals surface area (Å²) in [5.74, 6) is -12.3. The summed E-state index contributed by atoms with van der Waals surface area (Å²) < 4.78 is 0. The number of primary amides is 3. The molecular formula is C40H60N12O14. The number of carbonyl (C=O) groups excluding carboxylic acids is 12. The number of nitrogens with two attached hydrogens (primary N) is 3. The second kappa shape index (κ2) is 26.4. The molecule has 0 aliphatic carbocycles. The number of nitrogens with zero attached hydrogens (tertiary/aromatic N) is 2. The van der Waals surface area contributed by atoms with E-state index in [0.717, 1.165) is 16.8 Å². The molecule has 12 amide bonds. The average molecular weight is 933 g/mol. The molecule has 0 saturated carbocycles. The van der Waals surface area contributed by atoms with Crippen LogP contribution in [-0.2, 0) is 64.0 Å². The molecule has 0 radical (unpaired) electrons. The second-order valence-corrected chi connectivity index (χ2v) is 15.6. The highest BCUT2D eigenvalue weighted by Crippen LogP contribution is 2.18. The van der Waals surface area contributed by atoms with E-state index >= 15 is 0 Å². The maximum absolute atomic E-state index is 14.3. The van der Waals surface area contributed by atoms with Crippen molar-refractivity contribution >= 4 is 70.9 Å². The fraction of sp³-hybridized carbons (Fsp3) is 0.550. The standard InChI is InChI=1S/C40H60N12O14/c1-5-20(2)34-38(64)48-23(10-12-28(41)55)36(62)50-25(15-29(42)56)37(63)49-24(39(65)51(3)18-33(60)47-27(19-53)35(61)45-16-30(43)57)11-13-31(58)44-17-32(59)46-26(40(66)52(34)4)14-21-6-8-22(54)9-7-21/h6-9,20,23-27,34,53-54H,5,10-19H2,1-4H3,(H2,41,55)(H2,42,56)(H2,43,57)(H,44,58)(H,45,61)(H,46,59)(H,47,60)(H,48,64)(H,49,63)(H,50,62)/t20?,23-,24?,25-,26-,27-,34?/m0/s1. The van der Waals surface area contributed by atoms with E-state index in [1.807, 2.05) is 0 Å². The van der Waals surface area contributed by atoms with Crippen LogP contribution in [-0.4, -0.2) is 167 Å². The van der Waals surface area contributed by atoms with Crippen molar-refractivity contribution in [2.45, 2.75) is 95.0 Å². The van der Waals surface area contributed by atoms with Crippen molar-refractivity contribution in [3.8, 4) is 5.75 Å². The van der Waals surface area contributed by atoms with Crippen LogP contribution in [0.25, 0.3) is 0 Å². The molecule has 1 saturated heterocycles. The highest BCUT2D eigenvalue weighted by Gasteiger charge is 2.38. The van der Waals surface area contributed by atoms with Crippen molar-refractivity contribution in [3.63, 3.8) is 0 Å². The molecule has 0 bridgehead atoms. The third kappa shape index (κ3) is 18.0. The molecule has 0 spiro atoms. The van der Waals surface area contributed by atoms with E-state index in [2.05, 4.69) is 37.2 Å². The van der Waals surface area contributed by atoms with Crippen LogP contribution in [0.1, 0.15) is 57.9 Å². The number of nitrogens with one attached hydrogen (secondary N) is 7. The molecule has 26 nitrogen and oxygen atoms in total. The van der Waals surface area contributed by atoms with E-state index < -0.39 is 171 Å². The van der Waals surface area contributed by atoms with Crippen LogP contribution in [0.2, 0.25) is 0 Å². The van der Waals surface area contributed by atoms with Crippen molar-refractivity contribution in [1.82, 2.24) is 47.0 Å². The zero-order chi connectivity index (χ0) is 49.8. The van der Waals surface area contributed by atoms with E-state index in [9.17, 15) is 67.7 Å². The first-order chi connectivity index (χ1) is 31.0. The van der Waals surface area contributed by atoms with Gasteiger partial charge in [-0.25, -0.2) is 0 Å². The Bertz CT molecular complexity index is 1980. The first-order valence-electron chi connectivity index (χ1n) is 20.8. The summed E-state index contributed by atoms with van der Waals surface area (Å²) >= 11 is 0. The van der Waals surface area contributed by atoms with Gasteiger partial charge in [0.2, 0.25) is 70.9 Å². The molecule has 1 heterocycles. The smallest absolute Gasteiger partial charge is 0.245 e. The van der Waals surface area contributed by atoms with Crippen molar-refractivity contribution in [2.24, 2.45) is 23.1 Å². The molecule has 7 atom stereocenters. The highest BCUT2D eigenvalue weighted by molar-refractivity contribution is 5.99. The number of phenols is 1. The van der Waals surface area contributed by atoms with Crippen molar-refractivity contribution < 1.29 is 67.7 Å². The van der Waals surface area contributed by atoms with Crippen molar-refractivity contribution in [3.05, 3.63) is 29.8 Å². The predicted molar refractivity (Wildman–Crippen MR) is 229 cm³/mol. The van der Waals surface area contributed by atoms with E-state index in [1.54, 1.807) is 13.8 Å². The molecule has 1 aromatic carbocycles. The van der Waals surface area contributed by atoms with E-state index in [0.29, 0.717) is 12.0 Å². The number of hydrogen-bond donors (Lipinski definition) is 12. The molecule has 1 aromatic rings. The van der Waals surface area contributed by atoms with Gasteiger partial charge < -0.3 is 74.4 Å². The summed E-state index contributed by atoms with van der Waals surface area (Å²) in [5.41, 5.74) is 16.3. The van der Waals surface area contributed by atoms with Gasteiger partial charge in [0.1, 0.15) is 42.0 Å². The maximum atomic E-state index is 14.3. The Morgan fingerprint density at radius 1 is 0.848 bits per heavy atom. The van der Waals surface area contributed by atoms with Crippen molar-refractivity contribution in [2.75, 3.05) is 40.3 Å². The Balaban J connectivity index is 2.62. The summed E-state index contributed by atoms with van der Waals surface area (Å²) in [6, 6.07) is -3.74. The minimum atomic E-state index is -1.85. The summed E-state index contributed by atoms with van der Waals surface area (Å²) in [7, 11) is 2.40. The molecule has 26 heteroatoms. The van der Waals surface area contributed by atoms with Crippen molar-refractivity contribution in [1.29, 1.82) is 0 Å². The number of phenolic OH excluding ortho intramolecular Hbond substituents is 1. The van der Waals surface area contributed by atoms with Gasteiger partial charge in [0.25, 0.3) is 0 Å². The van der Waals surface area contributed by atoms with Crippen LogP contribution in [0.5, 0.6) is 5.75 Å². The summed E-state index contributed by atoms with van der Waals surface area (Å²) in [6.07, 6.45) is -2.72. The van der Waals surface area contributed by atoms with Gasteiger partial charge in [-0.1, -0.05) is 32.4 Å². The largest absolute Gasteiger partial charge is 0.508 e. The third-order valence-electron chi connectivity index (χ3n) is 10.3. The highest BCUT2D eigenvalue weighted by atomic mass is 16.3. The Morgan fingerprint density at radius 2 is 1.47 bits per heavy atom. The van der Waals surface area contributed by atoms with Gasteiger partial charge in [0, 0.05) is 33.4 Å². The molecule has 2 rings (SSSR count). The van der Waals surface area contributed by atoms with Gasteiger partial charge in [-0.05, 0) is 36.5 Å². The summed E-state index contributed by atoms with van der Waals surface area (Å²) in [5, 5.41) is 35.8. The second-order valence-electron chi connectivity index (χ2n) is 15.6. The Morgan fingerprint density at radius 3 is 2.05 bits per heavy atom. The summed E-state index contributed by atoms with van der Waals surface area (Å²) in [6.45, 7) is 0.323. The monoisotopic (exact) mass is 932 g/mol. The first kappa shape index (κ1) is 54.8. The molecular weight excluding hydrogens is 873 g/mol. The molecule has 0 aromatic heterocycles. The molecule has 1 aliphatic rings. The van der Waals surface area contributed by atoms with Crippen LogP contribution < -0.4 is 54.4 Å². The number of aromatic hydroxyl groups is 1. The normalized spacial score (nSPS) is 21.3. The predicted octanol–water partition coefficient (Wildman–Crippen LogP) is -6.67. The third-order valence-corrected chi connectivity index (χ3v) is 10.3. The first-order valence-corrected chi connectivity index (χ1v) is 20.8. The molecule has 66 heavy (non-hydrogen) atoms. The van der Waals surface area contributed by atoms with Crippen LogP contribution in [0.3, 0.4) is 0 Å². The van der Waals surface area contributed by atoms with Gasteiger partial charge >= 0.3 is 0 Å². The minimum absolute atomic E-state index is 0.0768. The number of aliphatic hydroxyl groups is 1. The van der Waals surface area contributed by atoms with E-state index in [-0.39, 0.29) is 12.2 Å². The van der Waals surface area contributed by atoms with Gasteiger partial charge in [-0.2, -0.15) is 0 Å². The van der Waals surface area contributed by atoms with Gasteiger partial charge in [-0.3, -0.25) is 57.5 Å². The SMILES string of the molecule is CCC(C)C1C(=O)N[C@@H](CCC(N)=O)C(=O)N[C@@H](CC(N)=O)C(=O)NC(C(=O)N(C)CC(=O)N[C@@H](CO)C(=O)NCC(N)=O)CCC(=O)NCC(=O)N[C@@H](Cc2ccc(O)cc2)C(=O)N1C. The Hall–Kier alpha value is -7.38. The number of aliphatic hydroxyl groups excluding tert-OH is 1. The van der Waals surface area contributed by atoms with Crippen LogP contribution in [0.4, 0.5) is 0 Å². The Kier molecular flexibility index (Phi) is 21.9. The average Bonchev–Trinajstić information content (AvgIpc) is 3.25. The maximum Gasteiger partial charge on any atom is 0.245 e. The fourth-order valence-corrected chi connectivity index (χ4v) is 6.59. The fourth-order valence-electron chi connectivity index (χ4n) is 6.59. The lowest BCUT2D eigenvalue weighted by Crippen LogP contribution is -2.61. The van der Waals surface area contributed by atoms with Crippen LogP contribution in [0.15, 0.2) is 24.3 Å². The number of carbonyl (C=O) groups is 12.